The molecule has 0 radical (unpaired) electrons. The number of halogens is 1. The van der Waals surface area contributed by atoms with Crippen molar-refractivity contribution in [2.75, 3.05) is 5.73 Å². The number of benzene rings is 2. The van der Waals surface area contributed by atoms with E-state index in [0.717, 1.165) is 14.6 Å². The molecule has 112 valence electrons. The summed E-state index contributed by atoms with van der Waals surface area (Å²) in [6, 6.07) is 10.2. The van der Waals surface area contributed by atoms with Crippen LogP contribution in [0.25, 0.3) is 10.2 Å². The molecule has 0 amide bonds. The van der Waals surface area contributed by atoms with Gasteiger partial charge in [0.1, 0.15) is 0 Å². The topological polar surface area (TPSA) is 82.0 Å². The minimum Gasteiger partial charge on any atom is -0.399 e. The number of thioether (sulfide) groups is 1. The third kappa shape index (κ3) is 3.01. The van der Waals surface area contributed by atoms with Crippen LogP contribution in [0, 0.1) is 10.1 Å². The molecule has 5 nitrogen and oxygen atoms in total. The predicted molar refractivity (Wildman–Crippen MR) is 91.7 cm³/mol. The first kappa shape index (κ1) is 15.1. The van der Waals surface area contributed by atoms with Crippen LogP contribution in [0.5, 0.6) is 0 Å². The van der Waals surface area contributed by atoms with Crippen LogP contribution in [-0.4, -0.2) is 9.91 Å². The Morgan fingerprint density at radius 1 is 1.36 bits per heavy atom. The minimum atomic E-state index is -0.416. The van der Waals surface area contributed by atoms with Gasteiger partial charge >= 0.3 is 0 Å². The molecule has 0 saturated carbocycles. The molecule has 0 saturated heterocycles. The molecule has 1 aromatic heterocycles. The molecule has 0 unspecified atom stereocenters. The van der Waals surface area contributed by atoms with Gasteiger partial charge in [-0.25, -0.2) is 4.98 Å². The van der Waals surface area contributed by atoms with Crippen LogP contribution >= 0.6 is 34.7 Å². The van der Waals surface area contributed by atoms with E-state index in [-0.39, 0.29) is 5.69 Å². The van der Waals surface area contributed by atoms with Crippen LogP contribution in [0.4, 0.5) is 11.4 Å². The number of hydrogen-bond acceptors (Lipinski definition) is 6. The Hall–Kier alpha value is -1.83. The zero-order valence-electron chi connectivity index (χ0n) is 11.2. The SMILES string of the molecule is Nc1ccc2nc(SCc3c(Cl)cccc3[N+](=O)[O-])sc2c1. The third-order valence-corrected chi connectivity index (χ3v) is 5.57. The summed E-state index contributed by atoms with van der Waals surface area (Å²) < 4.78 is 1.82. The monoisotopic (exact) mass is 351 g/mol. The third-order valence-electron chi connectivity index (χ3n) is 3.02. The Morgan fingerprint density at radius 3 is 2.95 bits per heavy atom. The Kier molecular flexibility index (Phi) is 4.19. The van der Waals surface area contributed by atoms with Crippen molar-refractivity contribution in [1.82, 2.24) is 4.98 Å². The molecule has 8 heteroatoms. The molecule has 0 atom stereocenters. The van der Waals surface area contributed by atoms with Crippen molar-refractivity contribution in [3.63, 3.8) is 0 Å². The number of nitro groups is 1. The smallest absolute Gasteiger partial charge is 0.274 e. The number of nitrogens with zero attached hydrogens (tertiary/aromatic N) is 2. The minimum absolute atomic E-state index is 0.0327. The van der Waals surface area contributed by atoms with Crippen LogP contribution in [-0.2, 0) is 5.75 Å². The van der Waals surface area contributed by atoms with Crippen LogP contribution in [0.15, 0.2) is 40.7 Å². The highest BCUT2D eigenvalue weighted by Gasteiger charge is 2.17. The van der Waals surface area contributed by atoms with E-state index in [2.05, 4.69) is 4.98 Å². The van der Waals surface area contributed by atoms with Crippen molar-refractivity contribution in [1.29, 1.82) is 0 Å². The van der Waals surface area contributed by atoms with Gasteiger partial charge in [0, 0.05) is 17.5 Å². The summed E-state index contributed by atoms with van der Waals surface area (Å²) in [4.78, 5) is 15.1. The van der Waals surface area contributed by atoms with Crippen LogP contribution in [0.3, 0.4) is 0 Å². The van der Waals surface area contributed by atoms with E-state index in [9.17, 15) is 10.1 Å². The highest BCUT2D eigenvalue weighted by molar-refractivity contribution is 8.00. The van der Waals surface area contributed by atoms with Gasteiger partial charge in [-0.05, 0) is 24.3 Å². The molecule has 3 aromatic rings. The lowest BCUT2D eigenvalue weighted by molar-refractivity contribution is -0.385. The van der Waals surface area contributed by atoms with Crippen LogP contribution in [0.2, 0.25) is 5.02 Å². The second-order valence-corrected chi connectivity index (χ2v) is 7.15. The van der Waals surface area contributed by atoms with Crippen LogP contribution < -0.4 is 5.73 Å². The lowest BCUT2D eigenvalue weighted by Crippen LogP contribution is -1.94. The highest BCUT2D eigenvalue weighted by Crippen LogP contribution is 2.36. The van der Waals surface area contributed by atoms with Crippen molar-refractivity contribution >= 4 is 56.3 Å². The van der Waals surface area contributed by atoms with E-state index in [1.807, 2.05) is 12.1 Å². The van der Waals surface area contributed by atoms with Crippen molar-refractivity contribution in [2.45, 2.75) is 10.1 Å². The average molecular weight is 352 g/mol. The van der Waals surface area contributed by atoms with Crippen molar-refractivity contribution in [3.8, 4) is 0 Å². The van der Waals surface area contributed by atoms with Gasteiger partial charge in [0.15, 0.2) is 4.34 Å². The predicted octanol–water partition coefficient (Wildman–Crippen LogP) is 4.73. The zero-order valence-corrected chi connectivity index (χ0v) is 13.5. The first-order chi connectivity index (χ1) is 10.5. The van der Waals surface area contributed by atoms with Crippen molar-refractivity contribution in [2.24, 2.45) is 0 Å². The van der Waals surface area contributed by atoms with E-state index in [4.69, 9.17) is 17.3 Å². The van der Waals surface area contributed by atoms with Gasteiger partial charge < -0.3 is 5.73 Å². The molecule has 0 aliphatic carbocycles. The number of nitrogens with two attached hydrogens (primary N) is 1. The van der Waals surface area contributed by atoms with E-state index >= 15 is 0 Å². The van der Waals surface area contributed by atoms with Crippen molar-refractivity contribution < 1.29 is 4.92 Å². The van der Waals surface area contributed by atoms with Gasteiger partial charge in [-0.15, -0.1) is 11.3 Å². The summed E-state index contributed by atoms with van der Waals surface area (Å²) in [6.45, 7) is 0. The summed E-state index contributed by atoms with van der Waals surface area (Å²) >= 11 is 9.03. The van der Waals surface area contributed by atoms with Gasteiger partial charge in [0.05, 0.1) is 25.7 Å². The molecule has 0 aliphatic rings. The molecule has 1 heterocycles. The number of thiazole rings is 1. The van der Waals surface area contributed by atoms with E-state index in [0.29, 0.717) is 22.0 Å². The number of aromatic nitrogens is 1. The number of hydrogen-bond donors (Lipinski definition) is 1. The average Bonchev–Trinajstić information content (AvgIpc) is 2.87. The Morgan fingerprint density at radius 2 is 2.18 bits per heavy atom. The Labute approximate surface area is 139 Å². The molecule has 2 aromatic carbocycles. The summed E-state index contributed by atoms with van der Waals surface area (Å²) in [6.07, 6.45) is 0. The van der Waals surface area contributed by atoms with Gasteiger partial charge in [-0.3, -0.25) is 10.1 Å². The maximum Gasteiger partial charge on any atom is 0.274 e. The fraction of sp³-hybridized carbons (Fsp3) is 0.0714. The number of rotatable bonds is 4. The number of nitrogen functional groups attached to an aromatic ring is 1. The van der Waals surface area contributed by atoms with Gasteiger partial charge in [-0.1, -0.05) is 29.4 Å². The molecule has 0 bridgehead atoms. The Balaban J connectivity index is 1.86. The van der Waals surface area contributed by atoms with Gasteiger partial charge in [0.2, 0.25) is 0 Å². The Bertz CT molecular complexity index is 866. The summed E-state index contributed by atoms with van der Waals surface area (Å²) in [5, 5.41) is 11.5. The van der Waals surface area contributed by atoms with Crippen LogP contribution in [0.1, 0.15) is 5.56 Å². The first-order valence-corrected chi connectivity index (χ1v) is 8.43. The largest absolute Gasteiger partial charge is 0.399 e. The number of fused-ring (bicyclic) bond motifs is 1. The number of nitro benzene ring substituents is 1. The fourth-order valence-corrected chi connectivity index (χ4v) is 4.45. The van der Waals surface area contributed by atoms with E-state index < -0.39 is 4.92 Å². The lowest BCUT2D eigenvalue weighted by Gasteiger charge is -2.03. The summed E-state index contributed by atoms with van der Waals surface area (Å²) in [7, 11) is 0. The molecular weight excluding hydrogens is 342 g/mol. The molecule has 22 heavy (non-hydrogen) atoms. The summed E-state index contributed by atoms with van der Waals surface area (Å²) in [5.41, 5.74) is 7.86. The second-order valence-electron chi connectivity index (χ2n) is 4.49. The number of anilines is 1. The zero-order chi connectivity index (χ0) is 15.7. The molecule has 3 rings (SSSR count). The standard InChI is InChI=1S/C14H10ClN3O2S2/c15-10-2-1-3-12(18(19)20)9(10)7-21-14-17-11-5-4-8(16)6-13(11)22-14/h1-6H,7,16H2. The molecule has 2 N–H and O–H groups in total. The lowest BCUT2D eigenvalue weighted by atomic mass is 10.2. The molecule has 0 fully saturated rings. The van der Waals surface area contributed by atoms with Gasteiger partial charge in [-0.2, -0.15) is 0 Å². The molecule has 0 spiro atoms. The first-order valence-electron chi connectivity index (χ1n) is 6.25. The van der Waals surface area contributed by atoms with E-state index in [1.54, 1.807) is 18.2 Å². The van der Waals surface area contributed by atoms with Gasteiger partial charge in [0.25, 0.3) is 5.69 Å². The fourth-order valence-electron chi connectivity index (χ4n) is 1.98. The van der Waals surface area contributed by atoms with Crippen molar-refractivity contribution in [3.05, 3.63) is 57.1 Å². The maximum absolute atomic E-state index is 11.1. The summed E-state index contributed by atoms with van der Waals surface area (Å²) in [5.74, 6) is 0.394. The highest BCUT2D eigenvalue weighted by atomic mass is 35.5. The quantitative estimate of drug-likeness (QED) is 0.318. The molecular formula is C14H10ClN3O2S2. The maximum atomic E-state index is 11.1. The second kappa shape index (κ2) is 6.12. The molecule has 0 aliphatic heterocycles. The normalized spacial score (nSPS) is 11.0. The van der Waals surface area contributed by atoms with E-state index in [1.165, 1.54) is 29.2 Å².